The van der Waals surface area contributed by atoms with E-state index in [1.54, 1.807) is 0 Å². The first-order valence-corrected chi connectivity index (χ1v) is 6.27. The molecule has 0 saturated heterocycles. The molecule has 0 aromatic heterocycles. The fourth-order valence-corrected chi connectivity index (χ4v) is 1.76. The first kappa shape index (κ1) is 16.4. The van der Waals surface area contributed by atoms with Gasteiger partial charge in [0, 0.05) is 17.7 Å². The Morgan fingerprint density at radius 1 is 1.00 bits per heavy atom. The Morgan fingerprint density at radius 2 is 1.70 bits per heavy atom. The number of phenolic OH excluding ortho intramolecular Hbond substituents is 1. The van der Waals surface area contributed by atoms with E-state index in [9.17, 15) is 17.6 Å². The van der Waals surface area contributed by atoms with Crippen molar-refractivity contribution in [3.05, 3.63) is 64.7 Å². The smallest absolute Gasteiger partial charge is 0.168 e. The van der Waals surface area contributed by atoms with Gasteiger partial charge in [-0.15, -0.1) is 0 Å². The number of rotatable bonds is 0. The molecule has 0 aliphatic carbocycles. The first-order valence-electron chi connectivity index (χ1n) is 6.27. The van der Waals surface area contributed by atoms with Crippen molar-refractivity contribution in [1.82, 2.24) is 0 Å². The molecular weight excluding hydrogens is 314 g/mol. The number of nitrogens with zero attached hydrogens (tertiary/aromatic N) is 1. The molecular formula is C16H9F4NO2. The zero-order chi connectivity index (χ0) is 17.0. The van der Waals surface area contributed by atoms with Gasteiger partial charge in [-0.3, -0.25) is 0 Å². The number of ether oxygens (including phenoxy) is 1. The predicted molar refractivity (Wildman–Crippen MR) is 73.5 cm³/mol. The van der Waals surface area contributed by atoms with Gasteiger partial charge in [-0.2, -0.15) is 5.26 Å². The molecule has 1 heterocycles. The normalized spacial score (nSPS) is 12.0. The van der Waals surface area contributed by atoms with Gasteiger partial charge in [0.2, 0.25) is 0 Å². The minimum absolute atomic E-state index is 0.00500. The summed E-state index contributed by atoms with van der Waals surface area (Å²) in [7, 11) is 0. The number of benzene rings is 2. The van der Waals surface area contributed by atoms with Crippen molar-refractivity contribution in [3.8, 4) is 17.6 Å². The Balaban J connectivity index is 0.000000185. The Labute approximate surface area is 128 Å². The van der Waals surface area contributed by atoms with Crippen LogP contribution in [-0.4, -0.2) is 11.7 Å². The highest BCUT2D eigenvalue weighted by Crippen LogP contribution is 2.29. The van der Waals surface area contributed by atoms with E-state index >= 15 is 0 Å². The van der Waals surface area contributed by atoms with Crippen LogP contribution in [-0.2, 0) is 0 Å². The molecule has 0 saturated carbocycles. The van der Waals surface area contributed by atoms with Crippen molar-refractivity contribution >= 4 is 6.08 Å². The largest absolute Gasteiger partial charge is 0.505 e. The fourth-order valence-electron chi connectivity index (χ4n) is 1.76. The molecule has 2 aromatic carbocycles. The number of phenols is 1. The van der Waals surface area contributed by atoms with Crippen molar-refractivity contribution in [2.24, 2.45) is 0 Å². The zero-order valence-electron chi connectivity index (χ0n) is 11.5. The van der Waals surface area contributed by atoms with Crippen LogP contribution in [0.4, 0.5) is 17.6 Å². The van der Waals surface area contributed by atoms with E-state index in [1.165, 1.54) is 6.08 Å². The Kier molecular flexibility index (Phi) is 4.86. The van der Waals surface area contributed by atoms with E-state index < -0.39 is 29.0 Å². The van der Waals surface area contributed by atoms with Gasteiger partial charge in [-0.25, -0.2) is 17.6 Å². The van der Waals surface area contributed by atoms with E-state index in [-0.39, 0.29) is 17.9 Å². The van der Waals surface area contributed by atoms with Gasteiger partial charge in [0.25, 0.3) is 0 Å². The van der Waals surface area contributed by atoms with Crippen LogP contribution in [0.15, 0.2) is 35.9 Å². The number of hydrogen-bond acceptors (Lipinski definition) is 3. The fraction of sp³-hybridized carbons (Fsp3) is 0.0625. The number of halogens is 4. The molecule has 7 heteroatoms. The lowest BCUT2D eigenvalue weighted by Gasteiger charge is -2.14. The lowest BCUT2D eigenvalue weighted by Crippen LogP contribution is -2.08. The molecule has 1 aliphatic heterocycles. The van der Waals surface area contributed by atoms with Crippen LogP contribution in [0.1, 0.15) is 5.56 Å². The Morgan fingerprint density at radius 3 is 2.30 bits per heavy atom. The summed E-state index contributed by atoms with van der Waals surface area (Å²) in [4.78, 5) is 0. The van der Waals surface area contributed by atoms with Crippen LogP contribution in [0.25, 0.3) is 6.08 Å². The van der Waals surface area contributed by atoms with Crippen molar-refractivity contribution in [2.75, 3.05) is 6.61 Å². The molecule has 0 radical (unpaired) electrons. The molecule has 1 aliphatic rings. The van der Waals surface area contributed by atoms with Gasteiger partial charge >= 0.3 is 0 Å². The van der Waals surface area contributed by atoms with Crippen molar-refractivity contribution in [3.63, 3.8) is 0 Å². The standard InChI is InChI=1S/C10H5F2NO.C6H4F2O/c11-8-2-7-1-6(4-13)5-14-10(7)9(12)3-8;7-4-1-2-6(9)5(8)3-4/h1-3H,5H2;1-3,9H. The molecule has 1 N–H and O–H groups in total. The molecule has 2 aromatic rings. The summed E-state index contributed by atoms with van der Waals surface area (Å²) in [6.45, 7) is 0.0338. The second kappa shape index (κ2) is 6.83. The maximum atomic E-state index is 13.1. The number of fused-ring (bicyclic) bond motifs is 1. The van der Waals surface area contributed by atoms with E-state index in [2.05, 4.69) is 0 Å². The minimum Gasteiger partial charge on any atom is -0.505 e. The minimum atomic E-state index is -0.935. The van der Waals surface area contributed by atoms with E-state index in [1.807, 2.05) is 6.07 Å². The van der Waals surface area contributed by atoms with Crippen LogP contribution in [0.3, 0.4) is 0 Å². The molecule has 23 heavy (non-hydrogen) atoms. The molecule has 118 valence electrons. The lowest BCUT2D eigenvalue weighted by atomic mass is 10.1. The predicted octanol–water partition coefficient (Wildman–Crippen LogP) is 3.93. The average molecular weight is 323 g/mol. The quantitative estimate of drug-likeness (QED) is 0.747. The topological polar surface area (TPSA) is 53.2 Å². The van der Waals surface area contributed by atoms with Crippen LogP contribution in [0.2, 0.25) is 0 Å². The Hall–Kier alpha value is -3.01. The SMILES string of the molecule is N#CC1=Cc2cc(F)cc(F)c2OC1.Oc1ccc(F)cc1F. The number of nitriles is 1. The van der Waals surface area contributed by atoms with Gasteiger partial charge in [0.15, 0.2) is 23.1 Å². The molecule has 0 fully saturated rings. The van der Waals surface area contributed by atoms with E-state index in [4.69, 9.17) is 15.1 Å². The van der Waals surface area contributed by atoms with E-state index in [0.29, 0.717) is 11.6 Å². The van der Waals surface area contributed by atoms with Crippen LogP contribution >= 0.6 is 0 Å². The van der Waals surface area contributed by atoms with Crippen LogP contribution in [0, 0.1) is 34.6 Å². The third-order valence-corrected chi connectivity index (χ3v) is 2.79. The highest BCUT2D eigenvalue weighted by atomic mass is 19.1. The van der Waals surface area contributed by atoms with Crippen molar-refractivity contribution < 1.29 is 27.4 Å². The number of aromatic hydroxyl groups is 1. The van der Waals surface area contributed by atoms with Crippen LogP contribution < -0.4 is 4.74 Å². The second-order valence-corrected chi connectivity index (χ2v) is 4.47. The average Bonchev–Trinajstić information content (AvgIpc) is 2.51. The summed E-state index contributed by atoms with van der Waals surface area (Å²) in [5.74, 6) is -3.57. The first-order chi connectivity index (χ1) is 10.9. The molecule has 3 rings (SSSR count). The summed E-state index contributed by atoms with van der Waals surface area (Å²) in [5, 5.41) is 17.1. The highest BCUT2D eigenvalue weighted by molar-refractivity contribution is 5.65. The molecule has 0 amide bonds. The van der Waals surface area contributed by atoms with E-state index in [0.717, 1.165) is 24.3 Å². The summed E-state index contributed by atoms with van der Waals surface area (Å²) in [6, 6.07) is 6.33. The molecule has 0 unspecified atom stereocenters. The molecule has 0 bridgehead atoms. The summed E-state index contributed by atoms with van der Waals surface area (Å²) < 4.78 is 54.9. The third-order valence-electron chi connectivity index (χ3n) is 2.79. The summed E-state index contributed by atoms with van der Waals surface area (Å²) in [6.07, 6.45) is 1.42. The monoisotopic (exact) mass is 323 g/mol. The lowest BCUT2D eigenvalue weighted by molar-refractivity contribution is 0.330. The number of hydrogen-bond donors (Lipinski definition) is 1. The highest BCUT2D eigenvalue weighted by Gasteiger charge is 2.16. The van der Waals surface area contributed by atoms with Gasteiger partial charge in [-0.05, 0) is 24.3 Å². The Bertz CT molecular complexity index is 812. The van der Waals surface area contributed by atoms with Gasteiger partial charge in [-0.1, -0.05) is 0 Å². The van der Waals surface area contributed by atoms with Crippen molar-refractivity contribution in [1.29, 1.82) is 5.26 Å². The molecule has 0 spiro atoms. The second-order valence-electron chi connectivity index (χ2n) is 4.47. The van der Waals surface area contributed by atoms with Crippen LogP contribution in [0.5, 0.6) is 11.5 Å². The summed E-state index contributed by atoms with van der Waals surface area (Å²) in [5.41, 5.74) is 0.618. The third kappa shape index (κ3) is 4.01. The maximum Gasteiger partial charge on any atom is 0.168 e. The maximum absolute atomic E-state index is 13.1. The molecule has 3 nitrogen and oxygen atoms in total. The summed E-state index contributed by atoms with van der Waals surface area (Å²) >= 11 is 0. The molecule has 0 atom stereocenters. The van der Waals surface area contributed by atoms with Gasteiger partial charge in [0.05, 0.1) is 11.6 Å². The van der Waals surface area contributed by atoms with Gasteiger partial charge < -0.3 is 9.84 Å². The van der Waals surface area contributed by atoms with Gasteiger partial charge in [0.1, 0.15) is 18.2 Å². The zero-order valence-corrected chi connectivity index (χ0v) is 11.5. The van der Waals surface area contributed by atoms with Crippen molar-refractivity contribution in [2.45, 2.75) is 0 Å².